The Morgan fingerprint density at radius 3 is 2.52 bits per heavy atom. The Morgan fingerprint density at radius 1 is 1.19 bits per heavy atom. The third-order valence-corrected chi connectivity index (χ3v) is 5.90. The molecule has 1 aliphatic heterocycles. The van der Waals surface area contributed by atoms with Crippen molar-refractivity contribution in [3.8, 4) is 0 Å². The van der Waals surface area contributed by atoms with Crippen LogP contribution in [0.1, 0.15) is 38.1 Å². The molecule has 1 aromatic carbocycles. The fourth-order valence-electron chi connectivity index (χ4n) is 3.32. The summed E-state index contributed by atoms with van der Waals surface area (Å²) >= 11 is 1.40. The lowest BCUT2D eigenvalue weighted by atomic mass is 9.89. The van der Waals surface area contributed by atoms with Gasteiger partial charge in [-0.3, -0.25) is 14.5 Å². The molecule has 1 amide bonds. The van der Waals surface area contributed by atoms with Gasteiger partial charge in [-0.25, -0.2) is 4.79 Å². The van der Waals surface area contributed by atoms with Crippen LogP contribution in [-0.2, 0) is 23.9 Å². The molecule has 1 aliphatic rings. The van der Waals surface area contributed by atoms with Crippen LogP contribution in [0.5, 0.6) is 0 Å². The van der Waals surface area contributed by atoms with E-state index in [-0.39, 0.29) is 24.8 Å². The van der Waals surface area contributed by atoms with Crippen LogP contribution in [0.25, 0.3) is 11.6 Å². The molecule has 162 valence electrons. The summed E-state index contributed by atoms with van der Waals surface area (Å²) in [6.45, 7) is 6.68. The highest BCUT2D eigenvalue weighted by atomic mass is 32.1. The molecule has 0 aliphatic carbocycles. The minimum absolute atomic E-state index is 0.0884. The predicted octanol–water partition coefficient (Wildman–Crippen LogP) is 4.29. The Hall–Kier alpha value is -3.19. The van der Waals surface area contributed by atoms with E-state index < -0.39 is 17.3 Å². The lowest BCUT2D eigenvalue weighted by molar-refractivity contribution is -0.149. The largest absolute Gasteiger partial charge is 0.477 e. The third kappa shape index (κ3) is 4.61. The Bertz CT molecular complexity index is 1040. The Labute approximate surface area is 185 Å². The maximum Gasteiger partial charge on any atom is 0.341 e. The number of carbonyl (C=O) groups is 3. The van der Waals surface area contributed by atoms with Crippen LogP contribution in [0.4, 0.5) is 0 Å². The zero-order valence-corrected chi connectivity index (χ0v) is 18.8. The molecule has 0 saturated heterocycles. The van der Waals surface area contributed by atoms with Gasteiger partial charge in [0.1, 0.15) is 16.9 Å². The summed E-state index contributed by atoms with van der Waals surface area (Å²) in [5, 5.41) is 1.85. The van der Waals surface area contributed by atoms with E-state index in [2.05, 4.69) is 0 Å². The molecule has 7 heteroatoms. The van der Waals surface area contributed by atoms with Gasteiger partial charge in [0.15, 0.2) is 12.5 Å². The fraction of sp³-hybridized carbons (Fsp3) is 0.292. The van der Waals surface area contributed by atoms with Gasteiger partial charge in [-0.2, -0.15) is 0 Å². The van der Waals surface area contributed by atoms with E-state index in [9.17, 15) is 14.4 Å². The minimum atomic E-state index is -1.34. The highest BCUT2D eigenvalue weighted by Crippen LogP contribution is 2.32. The topological polar surface area (TPSA) is 72.9 Å². The average molecular weight is 440 g/mol. The molecule has 0 fully saturated rings. The molecule has 0 atom stereocenters. The highest BCUT2D eigenvalue weighted by Gasteiger charge is 2.44. The smallest absolute Gasteiger partial charge is 0.341 e. The second kappa shape index (κ2) is 9.31. The van der Waals surface area contributed by atoms with Crippen LogP contribution in [0, 0.1) is 0 Å². The van der Waals surface area contributed by atoms with Gasteiger partial charge in [0.2, 0.25) is 0 Å². The molecule has 1 aromatic heterocycles. The number of rotatable bonds is 7. The summed E-state index contributed by atoms with van der Waals surface area (Å²) in [7, 11) is 0. The third-order valence-electron chi connectivity index (χ3n) is 5.08. The SMILES string of the molecule is CCOC(=O)C(=Cc1cccs1)C(=O)C(C)(C)N1COC(C)=C(c2ccccc2)C1=O. The van der Waals surface area contributed by atoms with Crippen molar-refractivity contribution < 1.29 is 23.9 Å². The summed E-state index contributed by atoms with van der Waals surface area (Å²) in [4.78, 5) is 41.7. The van der Waals surface area contributed by atoms with Crippen LogP contribution in [0.15, 0.2) is 59.2 Å². The van der Waals surface area contributed by atoms with Crippen molar-refractivity contribution in [2.24, 2.45) is 0 Å². The second-order valence-corrected chi connectivity index (χ2v) is 8.47. The van der Waals surface area contributed by atoms with Crippen molar-refractivity contribution >= 4 is 40.6 Å². The lowest BCUT2D eigenvalue weighted by Gasteiger charge is -2.40. The number of esters is 1. The molecule has 2 heterocycles. The van der Waals surface area contributed by atoms with Crippen molar-refractivity contribution in [2.45, 2.75) is 33.2 Å². The molecule has 6 nitrogen and oxygen atoms in total. The van der Waals surface area contributed by atoms with Crippen LogP contribution in [0.2, 0.25) is 0 Å². The van der Waals surface area contributed by atoms with Gasteiger partial charge in [-0.05, 0) is 50.8 Å². The van der Waals surface area contributed by atoms with E-state index in [4.69, 9.17) is 9.47 Å². The molecule has 0 saturated carbocycles. The number of hydrogen-bond acceptors (Lipinski definition) is 6. The van der Waals surface area contributed by atoms with E-state index >= 15 is 0 Å². The van der Waals surface area contributed by atoms with E-state index in [0.717, 1.165) is 4.88 Å². The van der Waals surface area contributed by atoms with Crippen LogP contribution < -0.4 is 0 Å². The van der Waals surface area contributed by atoms with Gasteiger partial charge in [0, 0.05) is 4.88 Å². The van der Waals surface area contributed by atoms with Gasteiger partial charge in [0.05, 0.1) is 12.2 Å². The first-order chi connectivity index (χ1) is 14.8. The number of amides is 1. The summed E-state index contributed by atoms with van der Waals surface area (Å²) < 4.78 is 10.9. The molecule has 0 spiro atoms. The average Bonchev–Trinajstić information content (AvgIpc) is 3.25. The number of benzene rings is 1. The van der Waals surface area contributed by atoms with Gasteiger partial charge in [-0.15, -0.1) is 11.3 Å². The molecule has 0 N–H and O–H groups in total. The van der Waals surface area contributed by atoms with E-state index in [0.29, 0.717) is 16.9 Å². The summed E-state index contributed by atoms with van der Waals surface area (Å²) in [5.74, 6) is -1.05. The maximum atomic E-state index is 13.5. The fourth-order valence-corrected chi connectivity index (χ4v) is 3.98. The number of carbonyl (C=O) groups excluding carboxylic acids is 3. The lowest BCUT2D eigenvalue weighted by Crippen LogP contribution is -2.56. The van der Waals surface area contributed by atoms with Crippen LogP contribution in [0.3, 0.4) is 0 Å². The molecule has 0 unspecified atom stereocenters. The summed E-state index contributed by atoms with van der Waals surface area (Å²) in [6, 6.07) is 12.8. The Balaban J connectivity index is 1.98. The standard InChI is InChI=1S/C24H25NO5S/c1-5-29-23(28)19(14-18-12-9-13-31-18)21(26)24(3,4)25-15-30-16(2)20(22(25)27)17-10-7-6-8-11-17/h6-14H,5,15H2,1-4H3. The Morgan fingerprint density at radius 2 is 1.90 bits per heavy atom. The van der Waals surface area contributed by atoms with E-state index in [1.807, 2.05) is 41.8 Å². The van der Waals surface area contributed by atoms with Crippen molar-refractivity contribution in [1.82, 2.24) is 4.90 Å². The molecule has 3 rings (SSSR count). The normalized spacial score (nSPS) is 15.0. The minimum Gasteiger partial charge on any atom is -0.477 e. The van der Waals surface area contributed by atoms with Gasteiger partial charge in [0.25, 0.3) is 5.91 Å². The summed E-state index contributed by atoms with van der Waals surface area (Å²) in [5.41, 5.74) is -0.340. The quantitative estimate of drug-likeness (QED) is 0.279. The summed E-state index contributed by atoms with van der Waals surface area (Å²) in [6.07, 6.45) is 1.52. The first kappa shape index (κ1) is 22.5. The van der Waals surface area contributed by atoms with Crippen molar-refractivity contribution in [3.63, 3.8) is 0 Å². The van der Waals surface area contributed by atoms with Gasteiger partial charge < -0.3 is 9.47 Å². The van der Waals surface area contributed by atoms with Crippen molar-refractivity contribution in [1.29, 1.82) is 0 Å². The number of thiophene rings is 1. The first-order valence-corrected chi connectivity index (χ1v) is 10.8. The zero-order valence-electron chi connectivity index (χ0n) is 18.0. The number of hydrogen-bond donors (Lipinski definition) is 0. The van der Waals surface area contributed by atoms with Crippen molar-refractivity contribution in [2.75, 3.05) is 13.3 Å². The number of ether oxygens (including phenoxy) is 2. The highest BCUT2D eigenvalue weighted by molar-refractivity contribution is 7.10. The molecule has 2 aromatic rings. The van der Waals surface area contributed by atoms with Crippen LogP contribution in [-0.4, -0.2) is 41.4 Å². The number of allylic oxidation sites excluding steroid dienone is 1. The monoisotopic (exact) mass is 439 g/mol. The molecular weight excluding hydrogens is 414 g/mol. The molecular formula is C24H25NO5S. The Kier molecular flexibility index (Phi) is 6.75. The van der Waals surface area contributed by atoms with E-state index in [1.165, 1.54) is 22.3 Å². The zero-order chi connectivity index (χ0) is 22.6. The first-order valence-electron chi connectivity index (χ1n) is 9.95. The number of Topliss-reactive ketones (excluding diaryl/α,β-unsaturated/α-hetero) is 1. The van der Waals surface area contributed by atoms with E-state index in [1.54, 1.807) is 33.8 Å². The molecule has 0 radical (unpaired) electrons. The predicted molar refractivity (Wildman–Crippen MR) is 120 cm³/mol. The maximum absolute atomic E-state index is 13.5. The van der Waals surface area contributed by atoms with Crippen molar-refractivity contribution in [3.05, 3.63) is 69.6 Å². The second-order valence-electron chi connectivity index (χ2n) is 7.49. The molecule has 0 bridgehead atoms. The number of ketones is 1. The number of nitrogens with zero attached hydrogens (tertiary/aromatic N) is 1. The van der Waals surface area contributed by atoms with Crippen LogP contribution >= 0.6 is 11.3 Å². The van der Waals surface area contributed by atoms with Gasteiger partial charge in [-0.1, -0.05) is 36.4 Å². The van der Waals surface area contributed by atoms with Gasteiger partial charge >= 0.3 is 5.97 Å². The molecule has 31 heavy (non-hydrogen) atoms.